The van der Waals surface area contributed by atoms with Crippen LogP contribution in [-0.2, 0) is 6.42 Å². The summed E-state index contributed by atoms with van der Waals surface area (Å²) in [4.78, 5) is 5.12. The van der Waals surface area contributed by atoms with Crippen LogP contribution in [0.5, 0.6) is 0 Å². The predicted octanol–water partition coefficient (Wildman–Crippen LogP) is 6.02. The lowest BCUT2D eigenvalue weighted by atomic mass is 9.82. The molecule has 150 valence electrons. The van der Waals surface area contributed by atoms with Crippen molar-refractivity contribution in [2.75, 3.05) is 36.0 Å². The summed E-state index contributed by atoms with van der Waals surface area (Å²) >= 11 is 0. The van der Waals surface area contributed by atoms with E-state index in [1.807, 2.05) is 0 Å². The van der Waals surface area contributed by atoms with Gasteiger partial charge in [-0.1, -0.05) is 44.2 Å². The van der Waals surface area contributed by atoms with Gasteiger partial charge in [0.25, 0.3) is 0 Å². The molecule has 2 aromatic rings. The van der Waals surface area contributed by atoms with Gasteiger partial charge in [0.1, 0.15) is 0 Å². The molecule has 2 heterocycles. The number of para-hydroxylation sites is 1. The fourth-order valence-corrected chi connectivity index (χ4v) is 5.17. The van der Waals surface area contributed by atoms with Gasteiger partial charge < -0.3 is 9.80 Å². The Morgan fingerprint density at radius 2 is 1.50 bits per heavy atom. The molecule has 0 amide bonds. The molecule has 28 heavy (non-hydrogen) atoms. The monoisotopic (exact) mass is 376 g/mol. The summed E-state index contributed by atoms with van der Waals surface area (Å²) in [6.45, 7) is 9.68. The summed E-state index contributed by atoms with van der Waals surface area (Å²) in [5.74, 6) is 2.44. The van der Waals surface area contributed by atoms with E-state index in [2.05, 4.69) is 78.2 Å². The average Bonchev–Trinajstić information content (AvgIpc) is 2.75. The van der Waals surface area contributed by atoms with Gasteiger partial charge in [-0.25, -0.2) is 0 Å². The number of nitrogens with zero attached hydrogens (tertiary/aromatic N) is 2. The van der Waals surface area contributed by atoms with E-state index >= 15 is 0 Å². The number of rotatable bonds is 5. The van der Waals surface area contributed by atoms with E-state index in [0.29, 0.717) is 0 Å². The summed E-state index contributed by atoms with van der Waals surface area (Å²) in [5, 5.41) is 0. The second-order valence-electron chi connectivity index (χ2n) is 9.20. The fourth-order valence-electron chi connectivity index (χ4n) is 5.17. The Morgan fingerprint density at radius 3 is 2.18 bits per heavy atom. The molecule has 2 fully saturated rings. The van der Waals surface area contributed by atoms with Gasteiger partial charge in [0.2, 0.25) is 0 Å². The summed E-state index contributed by atoms with van der Waals surface area (Å²) in [6.07, 6.45) is 6.57. The molecule has 2 nitrogen and oxygen atoms in total. The minimum Gasteiger partial charge on any atom is -0.372 e. The van der Waals surface area contributed by atoms with Crippen molar-refractivity contribution in [3.8, 4) is 0 Å². The second-order valence-corrected chi connectivity index (χ2v) is 9.20. The molecule has 2 atom stereocenters. The van der Waals surface area contributed by atoms with Crippen molar-refractivity contribution in [3.05, 3.63) is 60.2 Å². The molecule has 4 rings (SSSR count). The van der Waals surface area contributed by atoms with Crippen molar-refractivity contribution in [2.24, 2.45) is 17.8 Å². The van der Waals surface area contributed by atoms with Crippen LogP contribution < -0.4 is 9.80 Å². The van der Waals surface area contributed by atoms with Gasteiger partial charge >= 0.3 is 0 Å². The van der Waals surface area contributed by atoms with Gasteiger partial charge in [0.05, 0.1) is 0 Å². The van der Waals surface area contributed by atoms with E-state index < -0.39 is 0 Å². The molecule has 2 saturated heterocycles. The summed E-state index contributed by atoms with van der Waals surface area (Å²) < 4.78 is 0. The van der Waals surface area contributed by atoms with E-state index in [4.69, 9.17) is 0 Å². The molecule has 0 spiro atoms. The molecule has 0 aromatic heterocycles. The van der Waals surface area contributed by atoms with Crippen LogP contribution in [0, 0.1) is 17.8 Å². The first-order chi connectivity index (χ1) is 13.7. The molecule has 2 unspecified atom stereocenters. The molecule has 0 bridgehead atoms. The quantitative estimate of drug-likeness (QED) is 0.630. The zero-order valence-corrected chi connectivity index (χ0v) is 17.7. The number of hydrogen-bond acceptors (Lipinski definition) is 2. The first kappa shape index (κ1) is 19.4. The van der Waals surface area contributed by atoms with E-state index in [-0.39, 0.29) is 0 Å². The van der Waals surface area contributed by atoms with Crippen molar-refractivity contribution in [2.45, 2.75) is 46.0 Å². The van der Waals surface area contributed by atoms with Gasteiger partial charge in [0, 0.05) is 37.6 Å². The smallest absolute Gasteiger partial charge is 0.0366 e. The maximum Gasteiger partial charge on any atom is 0.0366 e. The standard InChI is InChI=1S/C26H36N2/c1-21-7-6-16-28(20-21)26-12-10-23(11-13-26)19-22(2)24-14-17-27(18-15-24)25-8-4-3-5-9-25/h3-5,8-13,21-22,24H,6-7,14-20H2,1-2H3. The molecule has 0 aliphatic carbocycles. The maximum atomic E-state index is 2.57. The Hall–Kier alpha value is -1.96. The van der Waals surface area contributed by atoms with Crippen molar-refractivity contribution >= 4 is 11.4 Å². The van der Waals surface area contributed by atoms with E-state index in [1.165, 1.54) is 75.2 Å². The Labute approximate surface area is 171 Å². The summed E-state index contributed by atoms with van der Waals surface area (Å²) in [5.41, 5.74) is 4.31. The van der Waals surface area contributed by atoms with Gasteiger partial charge in [-0.3, -0.25) is 0 Å². The van der Waals surface area contributed by atoms with Crippen molar-refractivity contribution < 1.29 is 0 Å². The van der Waals surface area contributed by atoms with Crippen molar-refractivity contribution in [1.29, 1.82) is 0 Å². The first-order valence-electron chi connectivity index (χ1n) is 11.3. The highest BCUT2D eigenvalue weighted by atomic mass is 15.1. The summed E-state index contributed by atoms with van der Waals surface area (Å²) in [7, 11) is 0. The SMILES string of the molecule is CC1CCCN(c2ccc(CC(C)C3CCN(c4ccccc4)CC3)cc2)C1. The molecule has 2 aliphatic heterocycles. The van der Waals surface area contributed by atoms with Gasteiger partial charge in [-0.2, -0.15) is 0 Å². The van der Waals surface area contributed by atoms with Crippen LogP contribution in [0.15, 0.2) is 54.6 Å². The molecular weight excluding hydrogens is 340 g/mol. The second kappa shape index (κ2) is 9.03. The van der Waals surface area contributed by atoms with Crippen LogP contribution in [0.2, 0.25) is 0 Å². The maximum absolute atomic E-state index is 2.57. The topological polar surface area (TPSA) is 6.48 Å². The Bertz CT molecular complexity index is 716. The Balaban J connectivity index is 1.28. The normalized spacial score (nSPS) is 22.3. The van der Waals surface area contributed by atoms with Crippen LogP contribution in [0.1, 0.15) is 45.1 Å². The number of piperidine rings is 2. The molecule has 0 saturated carbocycles. The van der Waals surface area contributed by atoms with E-state index in [1.54, 1.807) is 0 Å². The number of benzene rings is 2. The fraction of sp³-hybridized carbons (Fsp3) is 0.538. The van der Waals surface area contributed by atoms with Gasteiger partial charge in [-0.15, -0.1) is 0 Å². The average molecular weight is 377 g/mol. The van der Waals surface area contributed by atoms with Crippen LogP contribution in [0.25, 0.3) is 0 Å². The Kier molecular flexibility index (Phi) is 6.24. The minimum atomic E-state index is 0.763. The zero-order chi connectivity index (χ0) is 19.3. The van der Waals surface area contributed by atoms with Crippen molar-refractivity contribution in [1.82, 2.24) is 0 Å². The zero-order valence-electron chi connectivity index (χ0n) is 17.7. The van der Waals surface area contributed by atoms with Crippen molar-refractivity contribution in [3.63, 3.8) is 0 Å². The number of hydrogen-bond donors (Lipinski definition) is 0. The molecule has 2 aromatic carbocycles. The summed E-state index contributed by atoms with van der Waals surface area (Å²) in [6, 6.07) is 20.4. The van der Waals surface area contributed by atoms with Gasteiger partial charge in [-0.05, 0) is 79.7 Å². The lowest BCUT2D eigenvalue weighted by molar-refractivity contribution is 0.291. The molecular formula is C26H36N2. The third-order valence-corrected chi connectivity index (χ3v) is 6.98. The third-order valence-electron chi connectivity index (χ3n) is 6.98. The van der Waals surface area contributed by atoms with E-state index in [0.717, 1.165) is 17.8 Å². The van der Waals surface area contributed by atoms with Crippen LogP contribution in [0.4, 0.5) is 11.4 Å². The molecule has 2 heteroatoms. The highest BCUT2D eigenvalue weighted by molar-refractivity contribution is 5.48. The molecule has 2 aliphatic rings. The molecule has 0 radical (unpaired) electrons. The first-order valence-corrected chi connectivity index (χ1v) is 11.3. The third kappa shape index (κ3) is 4.71. The van der Waals surface area contributed by atoms with Crippen LogP contribution in [0.3, 0.4) is 0 Å². The van der Waals surface area contributed by atoms with E-state index in [9.17, 15) is 0 Å². The highest BCUT2D eigenvalue weighted by Crippen LogP contribution is 2.30. The van der Waals surface area contributed by atoms with Crippen LogP contribution in [-0.4, -0.2) is 26.2 Å². The predicted molar refractivity (Wildman–Crippen MR) is 121 cm³/mol. The lowest BCUT2D eigenvalue weighted by Gasteiger charge is -2.36. The Morgan fingerprint density at radius 1 is 0.821 bits per heavy atom. The van der Waals surface area contributed by atoms with Gasteiger partial charge in [0.15, 0.2) is 0 Å². The molecule has 0 N–H and O–H groups in total. The highest BCUT2D eigenvalue weighted by Gasteiger charge is 2.24. The lowest BCUT2D eigenvalue weighted by Crippen LogP contribution is -2.36. The van der Waals surface area contributed by atoms with Crippen LogP contribution >= 0.6 is 0 Å². The minimum absolute atomic E-state index is 0.763. The number of anilines is 2. The largest absolute Gasteiger partial charge is 0.372 e.